The average Bonchev–Trinajstić information content (AvgIpc) is 2.34. The van der Waals surface area contributed by atoms with Crippen LogP contribution in [-0.2, 0) is 0 Å². The van der Waals surface area contributed by atoms with E-state index < -0.39 is 0 Å². The Kier molecular flexibility index (Phi) is 3.06. The Labute approximate surface area is 101 Å². The van der Waals surface area contributed by atoms with Crippen LogP contribution in [0.15, 0.2) is 6.07 Å². The van der Waals surface area contributed by atoms with Crippen LogP contribution in [0.5, 0.6) is 11.8 Å². The highest BCUT2D eigenvalue weighted by atomic mass is 16.5. The zero-order chi connectivity index (χ0) is 12.5. The maximum absolute atomic E-state index is 6.11. The standard InChI is InChI=1S/C11H18N4O2/c1-4-11(12)6-15(7-11)10-13-8(16-2)5-9(14-10)17-3/h5H,4,6-7,12H2,1-3H3. The monoisotopic (exact) mass is 238 g/mol. The lowest BCUT2D eigenvalue weighted by molar-refractivity contribution is 0.312. The van der Waals surface area contributed by atoms with Crippen molar-refractivity contribution < 1.29 is 9.47 Å². The highest BCUT2D eigenvalue weighted by Crippen LogP contribution is 2.28. The van der Waals surface area contributed by atoms with Crippen LogP contribution in [0.1, 0.15) is 13.3 Å². The van der Waals surface area contributed by atoms with Crippen molar-refractivity contribution in [3.05, 3.63) is 6.07 Å². The van der Waals surface area contributed by atoms with Gasteiger partial charge in [-0.1, -0.05) is 6.92 Å². The average molecular weight is 238 g/mol. The number of nitrogens with two attached hydrogens (primary N) is 1. The Morgan fingerprint density at radius 1 is 1.29 bits per heavy atom. The first-order chi connectivity index (χ1) is 8.10. The second-order valence-electron chi connectivity index (χ2n) is 4.32. The Balaban J connectivity index is 2.17. The molecule has 1 aromatic rings. The largest absolute Gasteiger partial charge is 0.481 e. The number of methoxy groups -OCH3 is 2. The number of hydrogen-bond donors (Lipinski definition) is 1. The molecule has 1 aliphatic heterocycles. The molecule has 0 aromatic carbocycles. The minimum Gasteiger partial charge on any atom is -0.481 e. The molecule has 0 atom stereocenters. The third kappa shape index (κ3) is 2.26. The second kappa shape index (κ2) is 4.37. The predicted octanol–water partition coefficient (Wildman–Crippen LogP) is 0.421. The van der Waals surface area contributed by atoms with Gasteiger partial charge >= 0.3 is 0 Å². The number of aromatic nitrogens is 2. The molecule has 17 heavy (non-hydrogen) atoms. The summed E-state index contributed by atoms with van der Waals surface area (Å²) in [5.74, 6) is 1.60. The molecule has 1 saturated heterocycles. The van der Waals surface area contributed by atoms with E-state index in [1.807, 2.05) is 4.90 Å². The fourth-order valence-electron chi connectivity index (χ4n) is 1.82. The van der Waals surface area contributed by atoms with Crippen molar-refractivity contribution in [1.29, 1.82) is 0 Å². The van der Waals surface area contributed by atoms with Gasteiger partial charge in [0, 0.05) is 13.1 Å². The van der Waals surface area contributed by atoms with Crippen LogP contribution in [0, 0.1) is 0 Å². The summed E-state index contributed by atoms with van der Waals surface area (Å²) in [6, 6.07) is 1.65. The van der Waals surface area contributed by atoms with Crippen LogP contribution in [0.3, 0.4) is 0 Å². The molecule has 1 aliphatic rings. The highest BCUT2D eigenvalue weighted by Gasteiger charge is 2.39. The fraction of sp³-hybridized carbons (Fsp3) is 0.636. The van der Waals surface area contributed by atoms with Gasteiger partial charge in [0.2, 0.25) is 17.7 Å². The molecule has 0 spiro atoms. The lowest BCUT2D eigenvalue weighted by atomic mass is 9.89. The molecule has 0 radical (unpaired) electrons. The third-order valence-electron chi connectivity index (χ3n) is 3.08. The maximum atomic E-state index is 6.11. The van der Waals surface area contributed by atoms with E-state index in [1.165, 1.54) is 0 Å². The Morgan fingerprint density at radius 3 is 2.24 bits per heavy atom. The van der Waals surface area contributed by atoms with Crippen LogP contribution >= 0.6 is 0 Å². The van der Waals surface area contributed by atoms with Crippen LogP contribution < -0.4 is 20.1 Å². The first-order valence-electron chi connectivity index (χ1n) is 5.61. The van der Waals surface area contributed by atoms with Crippen molar-refractivity contribution in [2.45, 2.75) is 18.9 Å². The molecule has 0 aliphatic carbocycles. The summed E-state index contributed by atoms with van der Waals surface area (Å²) in [4.78, 5) is 10.6. The van der Waals surface area contributed by atoms with Gasteiger partial charge in [-0.3, -0.25) is 0 Å². The lowest BCUT2D eigenvalue weighted by Gasteiger charge is -2.47. The molecule has 6 nitrogen and oxygen atoms in total. The maximum Gasteiger partial charge on any atom is 0.232 e. The fourth-order valence-corrected chi connectivity index (χ4v) is 1.82. The summed E-state index contributed by atoms with van der Waals surface area (Å²) in [7, 11) is 3.14. The van der Waals surface area contributed by atoms with Crippen molar-refractivity contribution in [2.24, 2.45) is 5.73 Å². The van der Waals surface area contributed by atoms with Gasteiger partial charge in [-0.2, -0.15) is 9.97 Å². The van der Waals surface area contributed by atoms with Crippen LogP contribution in [0.4, 0.5) is 5.95 Å². The molecule has 2 N–H and O–H groups in total. The minimum absolute atomic E-state index is 0.111. The number of nitrogens with zero attached hydrogens (tertiary/aromatic N) is 3. The highest BCUT2D eigenvalue weighted by molar-refractivity contribution is 5.42. The van der Waals surface area contributed by atoms with Gasteiger partial charge in [-0.25, -0.2) is 0 Å². The van der Waals surface area contributed by atoms with Gasteiger partial charge in [-0.05, 0) is 6.42 Å². The van der Waals surface area contributed by atoms with Gasteiger partial charge in [0.15, 0.2) is 0 Å². The summed E-state index contributed by atoms with van der Waals surface area (Å²) in [5.41, 5.74) is 6.00. The van der Waals surface area contributed by atoms with E-state index >= 15 is 0 Å². The molecule has 94 valence electrons. The lowest BCUT2D eigenvalue weighted by Crippen LogP contribution is -2.67. The van der Waals surface area contributed by atoms with Crippen LogP contribution in [0.2, 0.25) is 0 Å². The summed E-state index contributed by atoms with van der Waals surface area (Å²) >= 11 is 0. The number of anilines is 1. The Hall–Kier alpha value is -1.56. The topological polar surface area (TPSA) is 73.5 Å². The van der Waals surface area contributed by atoms with E-state index in [1.54, 1.807) is 20.3 Å². The minimum atomic E-state index is -0.111. The van der Waals surface area contributed by atoms with E-state index in [4.69, 9.17) is 15.2 Å². The van der Waals surface area contributed by atoms with Gasteiger partial charge in [-0.15, -0.1) is 0 Å². The van der Waals surface area contributed by atoms with Gasteiger partial charge < -0.3 is 20.1 Å². The molecule has 2 heterocycles. The molecule has 0 bridgehead atoms. The van der Waals surface area contributed by atoms with Crippen molar-refractivity contribution >= 4 is 5.95 Å². The third-order valence-corrected chi connectivity index (χ3v) is 3.08. The van der Waals surface area contributed by atoms with E-state index in [0.717, 1.165) is 19.5 Å². The molecular formula is C11H18N4O2. The van der Waals surface area contributed by atoms with Gasteiger partial charge in [0.05, 0.1) is 25.8 Å². The van der Waals surface area contributed by atoms with Crippen molar-refractivity contribution in [2.75, 3.05) is 32.2 Å². The van der Waals surface area contributed by atoms with E-state index in [9.17, 15) is 0 Å². The van der Waals surface area contributed by atoms with E-state index in [-0.39, 0.29) is 5.54 Å². The number of rotatable bonds is 4. The molecule has 1 aromatic heterocycles. The first-order valence-corrected chi connectivity index (χ1v) is 5.61. The molecule has 0 saturated carbocycles. The zero-order valence-corrected chi connectivity index (χ0v) is 10.4. The van der Waals surface area contributed by atoms with E-state index in [2.05, 4.69) is 16.9 Å². The molecule has 0 amide bonds. The summed E-state index contributed by atoms with van der Waals surface area (Å²) in [6.45, 7) is 3.62. The van der Waals surface area contributed by atoms with Crippen LogP contribution in [0.25, 0.3) is 0 Å². The SMILES string of the molecule is CCC1(N)CN(c2nc(OC)cc(OC)n2)C1. The molecule has 0 unspecified atom stereocenters. The Morgan fingerprint density at radius 2 is 1.82 bits per heavy atom. The van der Waals surface area contributed by atoms with Crippen molar-refractivity contribution in [3.63, 3.8) is 0 Å². The summed E-state index contributed by atoms with van der Waals surface area (Å²) in [5, 5.41) is 0. The Bertz CT molecular complexity index is 382. The smallest absolute Gasteiger partial charge is 0.232 e. The van der Waals surface area contributed by atoms with Gasteiger partial charge in [0.1, 0.15) is 0 Å². The van der Waals surface area contributed by atoms with Gasteiger partial charge in [0.25, 0.3) is 0 Å². The second-order valence-corrected chi connectivity index (χ2v) is 4.32. The molecule has 1 fully saturated rings. The van der Waals surface area contributed by atoms with Crippen molar-refractivity contribution in [3.8, 4) is 11.8 Å². The van der Waals surface area contributed by atoms with Crippen LogP contribution in [-0.4, -0.2) is 42.8 Å². The normalized spacial score (nSPS) is 17.5. The number of ether oxygens (including phenoxy) is 2. The molecular weight excluding hydrogens is 220 g/mol. The molecule has 2 rings (SSSR count). The summed E-state index contributed by atoms with van der Waals surface area (Å²) in [6.07, 6.45) is 0.949. The first kappa shape index (κ1) is 11.9. The summed E-state index contributed by atoms with van der Waals surface area (Å²) < 4.78 is 10.2. The van der Waals surface area contributed by atoms with E-state index in [0.29, 0.717) is 17.7 Å². The molecule has 6 heteroatoms. The zero-order valence-electron chi connectivity index (χ0n) is 10.4. The quantitative estimate of drug-likeness (QED) is 0.819. The van der Waals surface area contributed by atoms with Crippen molar-refractivity contribution in [1.82, 2.24) is 9.97 Å². The predicted molar refractivity (Wildman–Crippen MR) is 64.6 cm³/mol. The number of hydrogen-bond acceptors (Lipinski definition) is 6.